The number of para-hydroxylation sites is 1. The number of hydrogen-bond acceptors (Lipinski definition) is 3. The number of non-ortho nitro benzene ring substituents is 1. The molecule has 4 nitrogen and oxygen atoms in total. The van der Waals surface area contributed by atoms with Gasteiger partial charge in [-0.3, -0.25) is 0 Å². The van der Waals surface area contributed by atoms with E-state index < -0.39 is 0 Å². The second-order valence-electron chi connectivity index (χ2n) is 5.48. The molecule has 1 heterocycles. The van der Waals surface area contributed by atoms with E-state index in [0.29, 0.717) is 0 Å². The van der Waals surface area contributed by atoms with Crippen LogP contribution in [0.3, 0.4) is 0 Å². The van der Waals surface area contributed by atoms with Crippen molar-refractivity contribution in [2.75, 3.05) is 0 Å². The predicted octanol–water partition coefficient (Wildman–Crippen LogP) is 3.66. The second-order valence-corrected chi connectivity index (χ2v) is 7.75. The molecule has 0 unspecified atom stereocenters. The molecule has 0 aliphatic rings. The fourth-order valence-corrected chi connectivity index (χ4v) is 4.84. The molecule has 25 heavy (non-hydrogen) atoms. The van der Waals surface area contributed by atoms with Crippen molar-refractivity contribution >= 4 is 40.5 Å². The molecule has 1 aromatic heterocycles. The molecule has 0 fully saturated rings. The Morgan fingerprint density at radius 1 is 0.840 bits per heavy atom. The monoisotopic (exact) mass is 395 g/mol. The molecule has 3 aromatic carbocycles. The maximum atomic E-state index is 10.8. The molecule has 0 saturated heterocycles. The van der Waals surface area contributed by atoms with E-state index in [9.17, 15) is 10.1 Å². The Bertz CT molecular complexity index is 1040. The summed E-state index contributed by atoms with van der Waals surface area (Å²) in [5.74, 6) is 0.875. The summed E-state index contributed by atoms with van der Waals surface area (Å²) in [6.07, 6.45) is 0. The Balaban J connectivity index is 1.81. The van der Waals surface area contributed by atoms with Crippen LogP contribution in [0.4, 0.5) is 5.69 Å². The first kappa shape index (κ1) is 15.6. The molecule has 122 valence electrons. The van der Waals surface area contributed by atoms with Gasteiger partial charge in [-0.15, -0.1) is 0 Å². The fraction of sp³-hybridized carbons (Fsp3) is 0. The Hall–Kier alpha value is -2.88. The van der Waals surface area contributed by atoms with Gasteiger partial charge in [0.1, 0.15) is 0 Å². The molecule has 0 aliphatic heterocycles. The zero-order chi connectivity index (χ0) is 17.2. The molecule has 0 N–H and O–H groups in total. The fourth-order valence-electron chi connectivity index (χ4n) is 2.66. The third-order valence-corrected chi connectivity index (χ3v) is 6.20. The second kappa shape index (κ2) is 6.55. The van der Waals surface area contributed by atoms with Crippen molar-refractivity contribution in [2.45, 2.75) is 0 Å². The predicted molar refractivity (Wildman–Crippen MR) is 99.8 cm³/mol. The molecule has 4 rings (SSSR count). The van der Waals surface area contributed by atoms with Crippen molar-refractivity contribution in [1.82, 2.24) is 0 Å². The molecular weight excluding hydrogens is 381 g/mol. The molecule has 0 amide bonds. The van der Waals surface area contributed by atoms with Crippen molar-refractivity contribution in [3.05, 3.63) is 89.0 Å². The van der Waals surface area contributed by atoms with Crippen molar-refractivity contribution in [3.63, 3.8) is 0 Å². The van der Waals surface area contributed by atoms with Crippen LogP contribution < -0.4 is 8.92 Å². The van der Waals surface area contributed by atoms with E-state index in [1.165, 1.54) is 0 Å². The summed E-state index contributed by atoms with van der Waals surface area (Å²) < 4.78 is 8.35. The van der Waals surface area contributed by atoms with Gasteiger partial charge in [-0.1, -0.05) is 0 Å². The topological polar surface area (TPSA) is 56.3 Å². The van der Waals surface area contributed by atoms with Gasteiger partial charge in [0, 0.05) is 0 Å². The van der Waals surface area contributed by atoms with Gasteiger partial charge in [-0.2, -0.15) is 0 Å². The maximum absolute atomic E-state index is 10.8. The molecular formula is C20H13NO3Se. The molecule has 0 radical (unpaired) electrons. The van der Waals surface area contributed by atoms with Gasteiger partial charge >= 0.3 is 150 Å². The standard InChI is InChI=1S/C20H13NO3Se/c22-21(23)15-10-12-16(13-11-15)25-20-17-8-4-5-9-18(17)24-19(20)14-6-2-1-3-7-14/h1-13H. The van der Waals surface area contributed by atoms with Crippen LogP contribution in [0.2, 0.25) is 0 Å². The van der Waals surface area contributed by atoms with Gasteiger partial charge in [-0.05, 0) is 0 Å². The first-order chi connectivity index (χ1) is 12.2. The summed E-state index contributed by atoms with van der Waals surface area (Å²) in [6, 6.07) is 24.8. The van der Waals surface area contributed by atoms with Crippen LogP contribution in [0, 0.1) is 10.1 Å². The van der Waals surface area contributed by atoms with E-state index >= 15 is 0 Å². The quantitative estimate of drug-likeness (QED) is 0.302. The van der Waals surface area contributed by atoms with Crippen LogP contribution in [0.5, 0.6) is 0 Å². The summed E-state index contributed by atoms with van der Waals surface area (Å²) in [4.78, 5) is 10.5. The number of benzene rings is 3. The Kier molecular flexibility index (Phi) is 4.10. The molecule has 0 aliphatic carbocycles. The van der Waals surface area contributed by atoms with E-state index in [1.807, 2.05) is 60.7 Å². The van der Waals surface area contributed by atoms with Crippen molar-refractivity contribution in [3.8, 4) is 11.3 Å². The zero-order valence-corrected chi connectivity index (χ0v) is 14.8. The average Bonchev–Trinajstić information content (AvgIpc) is 3.02. The number of furan rings is 1. The van der Waals surface area contributed by atoms with Gasteiger partial charge in [-0.25, -0.2) is 0 Å². The van der Waals surface area contributed by atoms with Gasteiger partial charge in [0.15, 0.2) is 0 Å². The number of nitrogens with zero attached hydrogens (tertiary/aromatic N) is 1. The average molecular weight is 394 g/mol. The SMILES string of the molecule is O=[N+]([O-])c1ccc([Se]c2c(-c3ccccc3)oc3ccccc23)cc1. The van der Waals surface area contributed by atoms with Crippen LogP contribution in [-0.2, 0) is 0 Å². The normalized spacial score (nSPS) is 10.9. The van der Waals surface area contributed by atoms with E-state index in [1.54, 1.807) is 12.1 Å². The van der Waals surface area contributed by atoms with E-state index in [4.69, 9.17) is 4.42 Å². The molecule has 0 bridgehead atoms. The Labute approximate surface area is 150 Å². The van der Waals surface area contributed by atoms with Crippen molar-refractivity contribution < 1.29 is 9.34 Å². The summed E-state index contributed by atoms with van der Waals surface area (Å²) in [7, 11) is 0. The van der Waals surface area contributed by atoms with E-state index in [-0.39, 0.29) is 25.6 Å². The summed E-state index contributed by atoms with van der Waals surface area (Å²) >= 11 is -0.0209. The van der Waals surface area contributed by atoms with Gasteiger partial charge in [0.2, 0.25) is 0 Å². The van der Waals surface area contributed by atoms with Crippen molar-refractivity contribution in [2.24, 2.45) is 0 Å². The van der Waals surface area contributed by atoms with Crippen LogP contribution in [0.15, 0.2) is 83.3 Å². The molecule has 4 aromatic rings. The molecule has 0 spiro atoms. The minimum absolute atomic E-state index is 0.0209. The van der Waals surface area contributed by atoms with Crippen LogP contribution in [-0.4, -0.2) is 19.9 Å². The third kappa shape index (κ3) is 3.07. The van der Waals surface area contributed by atoms with E-state index in [0.717, 1.165) is 31.2 Å². The first-order valence-electron chi connectivity index (χ1n) is 7.71. The number of nitro benzene ring substituents is 1. The zero-order valence-electron chi connectivity index (χ0n) is 13.1. The molecule has 0 saturated carbocycles. The summed E-state index contributed by atoms with van der Waals surface area (Å²) in [6.45, 7) is 0. The first-order valence-corrected chi connectivity index (χ1v) is 9.43. The molecule has 0 atom stereocenters. The van der Waals surface area contributed by atoms with E-state index in [2.05, 4.69) is 6.07 Å². The van der Waals surface area contributed by atoms with Crippen molar-refractivity contribution in [1.29, 1.82) is 0 Å². The number of fused-ring (bicyclic) bond motifs is 1. The van der Waals surface area contributed by atoms with Gasteiger partial charge in [0.25, 0.3) is 0 Å². The number of rotatable bonds is 4. The van der Waals surface area contributed by atoms with Crippen LogP contribution >= 0.6 is 0 Å². The Morgan fingerprint density at radius 3 is 2.24 bits per heavy atom. The minimum atomic E-state index is -0.376. The Morgan fingerprint density at radius 2 is 1.52 bits per heavy atom. The number of nitro groups is 1. The summed E-state index contributed by atoms with van der Waals surface area (Å²) in [5, 5.41) is 11.9. The summed E-state index contributed by atoms with van der Waals surface area (Å²) in [5.41, 5.74) is 2.01. The van der Waals surface area contributed by atoms with Crippen LogP contribution in [0.1, 0.15) is 0 Å². The third-order valence-electron chi connectivity index (χ3n) is 3.85. The molecule has 5 heteroatoms. The van der Waals surface area contributed by atoms with Gasteiger partial charge < -0.3 is 0 Å². The van der Waals surface area contributed by atoms with Gasteiger partial charge in [0.05, 0.1) is 0 Å². The number of hydrogen-bond donors (Lipinski definition) is 0. The van der Waals surface area contributed by atoms with Crippen LogP contribution in [0.25, 0.3) is 22.3 Å².